The van der Waals surface area contributed by atoms with Crippen LogP contribution in [0.25, 0.3) is 38.6 Å². The van der Waals surface area contributed by atoms with Gasteiger partial charge in [-0.1, -0.05) is 74.5 Å². The molecule has 0 aliphatic heterocycles. The van der Waals surface area contributed by atoms with Crippen LogP contribution in [0.1, 0.15) is 36.5 Å². The minimum atomic E-state index is 0.546. The molecule has 0 radical (unpaired) electrons. The van der Waals surface area contributed by atoms with Gasteiger partial charge in [0.1, 0.15) is 0 Å². The van der Waals surface area contributed by atoms with Gasteiger partial charge in [-0.05, 0) is 64.4 Å². The van der Waals surface area contributed by atoms with Crippen LogP contribution in [0.3, 0.4) is 0 Å². The molecule has 0 saturated heterocycles. The van der Waals surface area contributed by atoms with Crippen molar-refractivity contribution in [2.24, 2.45) is 0 Å². The van der Waals surface area contributed by atoms with Crippen molar-refractivity contribution in [2.75, 3.05) is 0 Å². The number of nitrogens with zero attached hydrogens (tertiary/aromatic N) is 1. The lowest BCUT2D eigenvalue weighted by atomic mass is 9.97. The normalized spacial score (nSPS) is 12.7. The van der Waals surface area contributed by atoms with Crippen molar-refractivity contribution in [3.63, 3.8) is 0 Å². The topological polar surface area (TPSA) is 4.93 Å². The van der Waals surface area contributed by atoms with Gasteiger partial charge in [-0.3, -0.25) is 0 Å². The average Bonchev–Trinajstić information content (AvgIpc) is 3.28. The van der Waals surface area contributed by atoms with Crippen LogP contribution in [0.15, 0.2) is 84.9 Å². The van der Waals surface area contributed by atoms with Crippen molar-refractivity contribution < 1.29 is 0 Å². The van der Waals surface area contributed by atoms with E-state index in [2.05, 4.69) is 103 Å². The van der Waals surface area contributed by atoms with E-state index in [9.17, 15) is 0 Å². The van der Waals surface area contributed by atoms with Crippen molar-refractivity contribution in [3.8, 4) is 16.8 Å². The first-order valence-electron chi connectivity index (χ1n) is 10.5. The number of hydrogen-bond acceptors (Lipinski definition) is 0. The van der Waals surface area contributed by atoms with E-state index in [1.54, 1.807) is 0 Å². The van der Waals surface area contributed by atoms with Gasteiger partial charge in [0.25, 0.3) is 0 Å². The fourth-order valence-corrected chi connectivity index (χ4v) is 4.87. The van der Waals surface area contributed by atoms with Crippen molar-refractivity contribution in [1.29, 1.82) is 0 Å². The number of para-hydroxylation sites is 2. The molecule has 1 nitrogen and oxygen atoms in total. The summed E-state index contributed by atoms with van der Waals surface area (Å²) in [5, 5.41) is 2.62. The fraction of sp³-hybridized carbons (Fsp3) is 0.143. The Morgan fingerprint density at radius 3 is 1.90 bits per heavy atom. The molecule has 29 heavy (non-hydrogen) atoms. The monoisotopic (exact) mass is 373 g/mol. The third-order valence-corrected chi connectivity index (χ3v) is 6.40. The number of benzene rings is 4. The van der Waals surface area contributed by atoms with Gasteiger partial charge < -0.3 is 4.57 Å². The predicted octanol–water partition coefficient (Wildman–Crippen LogP) is 7.48. The van der Waals surface area contributed by atoms with Gasteiger partial charge in [0, 0.05) is 16.5 Å². The molecule has 140 valence electrons. The molecule has 6 rings (SSSR count). The Morgan fingerprint density at radius 1 is 0.655 bits per heavy atom. The molecule has 0 fully saturated rings. The zero-order valence-corrected chi connectivity index (χ0v) is 16.8. The molecule has 0 atom stereocenters. The number of aromatic nitrogens is 1. The zero-order chi connectivity index (χ0) is 19.5. The largest absolute Gasteiger partial charge is 0.309 e. The maximum atomic E-state index is 2.41. The molecule has 0 bridgehead atoms. The van der Waals surface area contributed by atoms with Crippen LogP contribution in [-0.4, -0.2) is 4.57 Å². The fourth-order valence-electron chi connectivity index (χ4n) is 4.87. The Labute approximate surface area is 171 Å². The minimum absolute atomic E-state index is 0.546. The van der Waals surface area contributed by atoms with Crippen LogP contribution >= 0.6 is 0 Å². The zero-order valence-electron chi connectivity index (χ0n) is 16.8. The summed E-state index contributed by atoms with van der Waals surface area (Å²) in [6, 6.07) is 31.5. The van der Waals surface area contributed by atoms with Gasteiger partial charge in [-0.15, -0.1) is 0 Å². The summed E-state index contributed by atoms with van der Waals surface area (Å²) in [7, 11) is 0. The second-order valence-electron chi connectivity index (χ2n) is 8.46. The second kappa shape index (κ2) is 6.09. The molecule has 0 amide bonds. The average molecular weight is 373 g/mol. The maximum absolute atomic E-state index is 2.41. The van der Waals surface area contributed by atoms with E-state index in [-0.39, 0.29) is 0 Å². The van der Waals surface area contributed by atoms with Gasteiger partial charge >= 0.3 is 0 Å². The first-order chi connectivity index (χ1) is 14.2. The molecule has 1 heteroatoms. The lowest BCUT2D eigenvalue weighted by Crippen LogP contribution is -1.95. The van der Waals surface area contributed by atoms with Gasteiger partial charge in [0.05, 0.1) is 11.0 Å². The van der Waals surface area contributed by atoms with Crippen molar-refractivity contribution in [1.82, 2.24) is 4.57 Å². The highest BCUT2D eigenvalue weighted by Crippen LogP contribution is 2.40. The first-order valence-corrected chi connectivity index (χ1v) is 10.5. The molecule has 5 aromatic rings. The molecular formula is C28H23N. The van der Waals surface area contributed by atoms with Gasteiger partial charge in [0.2, 0.25) is 0 Å². The standard InChI is InChI=1S/C28H23N/c1-18(2)19-11-12-20-15-21-13-14-22(17-26(21)25(20)16-19)29-27-9-5-3-7-23(27)24-8-4-6-10-28(24)29/h3-14,16-18H,15H2,1-2H3. The summed E-state index contributed by atoms with van der Waals surface area (Å²) in [5.74, 6) is 0.546. The highest BCUT2D eigenvalue weighted by Gasteiger charge is 2.21. The van der Waals surface area contributed by atoms with Crippen molar-refractivity contribution in [2.45, 2.75) is 26.2 Å². The Morgan fingerprint density at radius 2 is 1.24 bits per heavy atom. The van der Waals surface area contributed by atoms with Gasteiger partial charge in [-0.2, -0.15) is 0 Å². The van der Waals surface area contributed by atoms with Crippen LogP contribution in [0.4, 0.5) is 0 Å². The Balaban J connectivity index is 1.62. The van der Waals surface area contributed by atoms with Crippen LogP contribution in [0.5, 0.6) is 0 Å². The number of hydrogen-bond donors (Lipinski definition) is 0. The van der Waals surface area contributed by atoms with E-state index < -0.39 is 0 Å². The van der Waals surface area contributed by atoms with E-state index in [1.807, 2.05) is 0 Å². The highest BCUT2D eigenvalue weighted by atomic mass is 15.0. The first kappa shape index (κ1) is 16.6. The third kappa shape index (κ3) is 2.40. The molecule has 1 aromatic heterocycles. The predicted molar refractivity (Wildman–Crippen MR) is 123 cm³/mol. The summed E-state index contributed by atoms with van der Waals surface area (Å²) < 4.78 is 2.41. The molecule has 1 heterocycles. The van der Waals surface area contributed by atoms with Crippen LogP contribution in [-0.2, 0) is 6.42 Å². The lowest BCUT2D eigenvalue weighted by Gasteiger charge is -2.12. The van der Waals surface area contributed by atoms with E-state index in [1.165, 1.54) is 55.3 Å². The third-order valence-electron chi connectivity index (χ3n) is 6.40. The molecule has 0 saturated carbocycles. The molecule has 0 unspecified atom stereocenters. The summed E-state index contributed by atoms with van der Waals surface area (Å²) in [6.45, 7) is 4.54. The number of rotatable bonds is 2. The number of fused-ring (bicyclic) bond motifs is 6. The smallest absolute Gasteiger partial charge is 0.0541 e. The van der Waals surface area contributed by atoms with Crippen molar-refractivity contribution in [3.05, 3.63) is 102 Å². The Bertz CT molecular complexity index is 1350. The maximum Gasteiger partial charge on any atom is 0.0541 e. The quantitative estimate of drug-likeness (QED) is 0.296. The second-order valence-corrected chi connectivity index (χ2v) is 8.46. The highest BCUT2D eigenvalue weighted by molar-refractivity contribution is 6.09. The lowest BCUT2D eigenvalue weighted by molar-refractivity contribution is 0.866. The van der Waals surface area contributed by atoms with E-state index in [0.29, 0.717) is 5.92 Å². The molecule has 0 spiro atoms. The van der Waals surface area contributed by atoms with E-state index in [0.717, 1.165) is 6.42 Å². The van der Waals surface area contributed by atoms with Crippen LogP contribution in [0, 0.1) is 0 Å². The molecule has 1 aliphatic rings. The molecule has 1 aliphatic carbocycles. The Kier molecular flexibility index (Phi) is 3.49. The van der Waals surface area contributed by atoms with Gasteiger partial charge in [0.15, 0.2) is 0 Å². The molecule has 0 N–H and O–H groups in total. The summed E-state index contributed by atoms with van der Waals surface area (Å²) in [5.41, 5.74) is 10.9. The van der Waals surface area contributed by atoms with Crippen LogP contribution in [0.2, 0.25) is 0 Å². The van der Waals surface area contributed by atoms with Crippen molar-refractivity contribution >= 4 is 21.8 Å². The Hall–Kier alpha value is -3.32. The van der Waals surface area contributed by atoms with Crippen LogP contribution < -0.4 is 0 Å². The van der Waals surface area contributed by atoms with E-state index >= 15 is 0 Å². The summed E-state index contributed by atoms with van der Waals surface area (Å²) in [4.78, 5) is 0. The SMILES string of the molecule is CC(C)c1ccc2c(c1)-c1cc(-n3c4ccccc4c4ccccc43)ccc1C2. The van der Waals surface area contributed by atoms with Gasteiger partial charge in [-0.25, -0.2) is 0 Å². The summed E-state index contributed by atoms with van der Waals surface area (Å²) >= 11 is 0. The molecule has 4 aromatic carbocycles. The molecular weight excluding hydrogens is 350 g/mol. The van der Waals surface area contributed by atoms with E-state index in [4.69, 9.17) is 0 Å². The minimum Gasteiger partial charge on any atom is -0.309 e. The summed E-state index contributed by atoms with van der Waals surface area (Å²) in [6.07, 6.45) is 1.04.